The van der Waals surface area contributed by atoms with Crippen LogP contribution >= 0.6 is 22.6 Å². The largest absolute Gasteiger partial charge is 0.370 e. The van der Waals surface area contributed by atoms with Gasteiger partial charge >= 0.3 is 5.69 Å². The Labute approximate surface area is 211 Å². The Hall–Kier alpha value is -3.74. The van der Waals surface area contributed by atoms with Crippen LogP contribution in [-0.2, 0) is 18.3 Å². The number of pyridine rings is 1. The summed E-state index contributed by atoms with van der Waals surface area (Å²) >= 11 is 1.97. The Kier molecular flexibility index (Phi) is 6.61. The number of nitrogens with zero attached hydrogens (tertiary/aromatic N) is 2. The summed E-state index contributed by atoms with van der Waals surface area (Å²) in [6, 6.07) is 11.3. The van der Waals surface area contributed by atoms with Gasteiger partial charge < -0.3 is 11.1 Å². The third-order valence-corrected chi connectivity index (χ3v) is 6.35. The second-order valence-corrected chi connectivity index (χ2v) is 9.29. The number of nitrogens with one attached hydrogen (secondary N) is 2. The van der Waals surface area contributed by atoms with Gasteiger partial charge in [-0.15, -0.1) is 0 Å². The Bertz CT molecular complexity index is 1670. The second-order valence-electron chi connectivity index (χ2n) is 8.04. The van der Waals surface area contributed by atoms with Crippen LogP contribution in [0.1, 0.15) is 17.5 Å². The topological polar surface area (TPSA) is 132 Å². The maximum atomic E-state index is 14.6. The molecule has 9 nitrogen and oxygen atoms in total. The molecule has 0 spiro atoms. The molecule has 0 saturated heterocycles. The van der Waals surface area contributed by atoms with Crippen LogP contribution in [0.4, 0.5) is 15.9 Å². The number of nitrogens with two attached hydrogens (primary N) is 1. The number of aryl methyl sites for hydroxylation is 2. The van der Waals surface area contributed by atoms with E-state index >= 15 is 0 Å². The van der Waals surface area contributed by atoms with Crippen LogP contribution in [0.2, 0.25) is 0 Å². The van der Waals surface area contributed by atoms with Gasteiger partial charge in [0.05, 0.1) is 16.9 Å². The zero-order valence-electron chi connectivity index (χ0n) is 18.8. The number of halogens is 2. The molecule has 0 atom stereocenters. The number of fused-ring (bicyclic) bond motifs is 1. The highest BCUT2D eigenvalue weighted by Crippen LogP contribution is 2.27. The van der Waals surface area contributed by atoms with Crippen molar-refractivity contribution in [3.8, 4) is 5.69 Å². The number of benzene rings is 2. The molecule has 4 rings (SSSR count). The summed E-state index contributed by atoms with van der Waals surface area (Å²) in [5, 5.41) is 2.88. The maximum Gasteiger partial charge on any atom is 0.333 e. The van der Waals surface area contributed by atoms with Crippen molar-refractivity contribution in [2.24, 2.45) is 12.8 Å². The van der Waals surface area contributed by atoms with Crippen molar-refractivity contribution >= 4 is 50.9 Å². The number of anilines is 2. The monoisotopic (exact) mass is 589 g/mol. The SMILES string of the molecule is Cc1c(=O)n(C)c(Nc2ccc(I)cc2F)c2c(=O)[nH]c(=O)n(-c3cccc(CCC(N)=O)c3)c12. The van der Waals surface area contributed by atoms with E-state index in [1.807, 2.05) is 22.6 Å². The Morgan fingerprint density at radius 1 is 1.17 bits per heavy atom. The van der Waals surface area contributed by atoms with E-state index < -0.39 is 28.5 Å². The summed E-state index contributed by atoms with van der Waals surface area (Å²) in [5.41, 5.74) is 4.79. The van der Waals surface area contributed by atoms with Crippen molar-refractivity contribution in [1.29, 1.82) is 0 Å². The first-order chi connectivity index (χ1) is 16.6. The van der Waals surface area contributed by atoms with Gasteiger partial charge in [0.25, 0.3) is 11.1 Å². The van der Waals surface area contributed by atoms with Gasteiger partial charge in [0.15, 0.2) is 0 Å². The molecule has 0 bridgehead atoms. The summed E-state index contributed by atoms with van der Waals surface area (Å²) in [6.07, 6.45) is 0.485. The normalized spacial score (nSPS) is 11.1. The summed E-state index contributed by atoms with van der Waals surface area (Å²) in [7, 11) is 1.46. The van der Waals surface area contributed by atoms with Crippen LogP contribution in [0.3, 0.4) is 0 Å². The number of aromatic amines is 1. The number of carbonyl (C=O) groups is 1. The number of primary amides is 1. The van der Waals surface area contributed by atoms with Crippen molar-refractivity contribution in [1.82, 2.24) is 14.1 Å². The van der Waals surface area contributed by atoms with E-state index in [9.17, 15) is 23.6 Å². The van der Waals surface area contributed by atoms with E-state index in [1.54, 1.807) is 30.3 Å². The smallest absolute Gasteiger partial charge is 0.333 e. The molecule has 0 aliphatic heterocycles. The zero-order chi connectivity index (χ0) is 25.4. The first-order valence-corrected chi connectivity index (χ1v) is 11.6. The van der Waals surface area contributed by atoms with Gasteiger partial charge in [0.2, 0.25) is 5.91 Å². The predicted octanol–water partition coefficient (Wildman–Crippen LogP) is 2.59. The van der Waals surface area contributed by atoms with Gasteiger partial charge in [-0.05, 0) is 71.8 Å². The molecular weight excluding hydrogens is 568 g/mol. The predicted molar refractivity (Wildman–Crippen MR) is 140 cm³/mol. The lowest BCUT2D eigenvalue weighted by Gasteiger charge is -2.19. The van der Waals surface area contributed by atoms with E-state index in [2.05, 4.69) is 10.3 Å². The summed E-state index contributed by atoms with van der Waals surface area (Å²) in [4.78, 5) is 52.6. The molecule has 35 heavy (non-hydrogen) atoms. The fourth-order valence-electron chi connectivity index (χ4n) is 3.96. The zero-order valence-corrected chi connectivity index (χ0v) is 21.0. The van der Waals surface area contributed by atoms with Gasteiger partial charge in [-0.1, -0.05) is 12.1 Å². The van der Waals surface area contributed by atoms with Crippen LogP contribution in [0.5, 0.6) is 0 Å². The molecule has 11 heteroatoms. The molecule has 0 unspecified atom stereocenters. The molecule has 2 aromatic carbocycles. The third-order valence-electron chi connectivity index (χ3n) is 5.68. The number of H-pyrrole nitrogens is 1. The minimum atomic E-state index is -0.739. The molecular formula is C24H21FIN5O4. The van der Waals surface area contributed by atoms with Crippen LogP contribution in [-0.4, -0.2) is 20.0 Å². The highest BCUT2D eigenvalue weighted by atomic mass is 127. The van der Waals surface area contributed by atoms with Crippen molar-refractivity contribution in [2.45, 2.75) is 19.8 Å². The average molecular weight is 589 g/mol. The molecule has 0 aliphatic carbocycles. The molecule has 4 aromatic rings. The number of hydrogen-bond donors (Lipinski definition) is 3. The van der Waals surface area contributed by atoms with E-state index in [0.29, 0.717) is 15.7 Å². The molecule has 2 heterocycles. The Balaban J connectivity index is 2.02. The lowest BCUT2D eigenvalue weighted by molar-refractivity contribution is -0.117. The number of carbonyl (C=O) groups excluding carboxylic acids is 1. The fraction of sp³-hybridized carbons (Fsp3) is 0.167. The van der Waals surface area contributed by atoms with Gasteiger partial charge in [-0.3, -0.25) is 28.5 Å². The van der Waals surface area contributed by atoms with E-state index in [-0.39, 0.29) is 34.4 Å². The fourth-order valence-corrected chi connectivity index (χ4v) is 4.42. The molecule has 180 valence electrons. The highest BCUT2D eigenvalue weighted by Gasteiger charge is 2.21. The second kappa shape index (κ2) is 9.49. The molecule has 1 amide bonds. The highest BCUT2D eigenvalue weighted by molar-refractivity contribution is 14.1. The quantitative estimate of drug-likeness (QED) is 0.298. The lowest BCUT2D eigenvalue weighted by Crippen LogP contribution is -2.34. The van der Waals surface area contributed by atoms with Crippen LogP contribution < -0.4 is 27.9 Å². The van der Waals surface area contributed by atoms with Crippen molar-refractivity contribution < 1.29 is 9.18 Å². The van der Waals surface area contributed by atoms with Gasteiger partial charge in [0, 0.05) is 22.6 Å². The maximum absolute atomic E-state index is 14.6. The number of hydrogen-bond acceptors (Lipinski definition) is 5. The summed E-state index contributed by atoms with van der Waals surface area (Å²) in [5.74, 6) is -0.986. The van der Waals surface area contributed by atoms with Crippen LogP contribution in [0.15, 0.2) is 56.8 Å². The minimum Gasteiger partial charge on any atom is -0.370 e. The first-order valence-electron chi connectivity index (χ1n) is 10.6. The lowest BCUT2D eigenvalue weighted by atomic mass is 10.1. The Morgan fingerprint density at radius 2 is 1.91 bits per heavy atom. The van der Waals surface area contributed by atoms with E-state index in [4.69, 9.17) is 5.73 Å². The number of amides is 1. The Morgan fingerprint density at radius 3 is 2.60 bits per heavy atom. The summed E-state index contributed by atoms with van der Waals surface area (Å²) < 4.78 is 17.7. The average Bonchev–Trinajstić information content (AvgIpc) is 2.80. The van der Waals surface area contributed by atoms with E-state index in [1.165, 1.54) is 35.2 Å². The molecule has 0 fully saturated rings. The number of aromatic nitrogens is 3. The van der Waals surface area contributed by atoms with Crippen molar-refractivity contribution in [3.63, 3.8) is 0 Å². The summed E-state index contributed by atoms with van der Waals surface area (Å²) in [6.45, 7) is 1.52. The number of rotatable bonds is 6. The minimum absolute atomic E-state index is 0.0182. The molecule has 4 N–H and O–H groups in total. The third kappa shape index (κ3) is 4.63. The van der Waals surface area contributed by atoms with Crippen LogP contribution in [0.25, 0.3) is 16.6 Å². The molecule has 2 aromatic heterocycles. The van der Waals surface area contributed by atoms with Gasteiger partial charge in [0.1, 0.15) is 17.0 Å². The van der Waals surface area contributed by atoms with Crippen LogP contribution in [0, 0.1) is 16.3 Å². The first kappa shape index (κ1) is 24.4. The van der Waals surface area contributed by atoms with E-state index in [0.717, 1.165) is 5.56 Å². The standard InChI is InChI=1S/C24H21FIN5O4/c1-12-20-19(21(30(2)23(12)34)28-17-8-7-14(26)11-16(17)25)22(33)29-24(35)31(20)15-5-3-4-13(10-15)6-9-18(27)32/h3-5,7-8,10-11,28H,6,9H2,1-2H3,(H2,27,32)(H,29,33,35). The molecule has 0 radical (unpaired) electrons. The molecule has 0 saturated carbocycles. The molecule has 0 aliphatic rings. The van der Waals surface area contributed by atoms with Gasteiger partial charge in [-0.25, -0.2) is 9.18 Å². The van der Waals surface area contributed by atoms with Gasteiger partial charge in [-0.2, -0.15) is 0 Å². The van der Waals surface area contributed by atoms with Crippen molar-refractivity contribution in [2.75, 3.05) is 5.32 Å². The van der Waals surface area contributed by atoms with Crippen molar-refractivity contribution in [3.05, 3.63) is 94.2 Å².